The van der Waals surface area contributed by atoms with E-state index in [1.165, 1.54) is 4.68 Å². The van der Waals surface area contributed by atoms with Gasteiger partial charge in [-0.2, -0.15) is 5.10 Å². The number of carbonyl (C=O) groups excluding carboxylic acids is 2. The van der Waals surface area contributed by atoms with Crippen molar-refractivity contribution in [1.29, 1.82) is 0 Å². The summed E-state index contributed by atoms with van der Waals surface area (Å²) in [4.78, 5) is 39.4. The van der Waals surface area contributed by atoms with Crippen molar-refractivity contribution >= 4 is 22.6 Å². The molecule has 148 valence electrons. The van der Waals surface area contributed by atoms with Crippen LogP contribution in [0.2, 0.25) is 0 Å². The van der Waals surface area contributed by atoms with E-state index in [4.69, 9.17) is 5.73 Å². The Morgan fingerprint density at radius 2 is 1.72 bits per heavy atom. The highest BCUT2D eigenvalue weighted by Crippen LogP contribution is 2.21. The maximum atomic E-state index is 13.3. The molecule has 2 aromatic carbocycles. The summed E-state index contributed by atoms with van der Waals surface area (Å²) in [5.41, 5.74) is 6.35. The summed E-state index contributed by atoms with van der Waals surface area (Å²) in [6.45, 7) is 1.09. The van der Waals surface area contributed by atoms with E-state index >= 15 is 0 Å². The van der Waals surface area contributed by atoms with Crippen molar-refractivity contribution in [2.75, 3.05) is 13.1 Å². The molecular weight excluding hydrogens is 368 g/mol. The van der Waals surface area contributed by atoms with Crippen molar-refractivity contribution < 1.29 is 9.59 Å². The van der Waals surface area contributed by atoms with Crippen LogP contribution in [-0.4, -0.2) is 39.6 Å². The lowest BCUT2D eigenvalue weighted by atomic mass is 9.97. The molecule has 7 heteroatoms. The second-order valence-electron chi connectivity index (χ2n) is 7.34. The SMILES string of the molecule is NC(=O)C1CCCN(C(=O)c2nn(Cc3ccccc3)c(=O)c3ccccc23)C1. The van der Waals surface area contributed by atoms with Gasteiger partial charge in [0.15, 0.2) is 5.69 Å². The van der Waals surface area contributed by atoms with Crippen LogP contribution in [-0.2, 0) is 11.3 Å². The molecule has 7 nitrogen and oxygen atoms in total. The van der Waals surface area contributed by atoms with E-state index in [2.05, 4.69) is 5.10 Å². The minimum atomic E-state index is -0.394. The molecule has 1 atom stereocenters. The molecule has 0 bridgehead atoms. The Hall–Kier alpha value is -3.48. The first-order chi connectivity index (χ1) is 14.0. The molecule has 2 amide bonds. The van der Waals surface area contributed by atoms with E-state index in [9.17, 15) is 14.4 Å². The van der Waals surface area contributed by atoms with Crippen molar-refractivity contribution in [3.63, 3.8) is 0 Å². The Bertz CT molecular complexity index is 1120. The van der Waals surface area contributed by atoms with Crippen LogP contribution in [0, 0.1) is 5.92 Å². The van der Waals surface area contributed by atoms with Crippen LogP contribution in [0.15, 0.2) is 59.4 Å². The summed E-state index contributed by atoms with van der Waals surface area (Å²) in [6, 6.07) is 16.5. The molecule has 0 saturated carbocycles. The number of amides is 2. The molecule has 0 radical (unpaired) electrons. The molecule has 3 aromatic rings. The lowest BCUT2D eigenvalue weighted by Crippen LogP contribution is -2.44. The van der Waals surface area contributed by atoms with Crippen LogP contribution in [0.4, 0.5) is 0 Å². The number of nitrogens with two attached hydrogens (primary N) is 1. The molecule has 1 fully saturated rings. The highest BCUT2D eigenvalue weighted by atomic mass is 16.2. The summed E-state index contributed by atoms with van der Waals surface area (Å²) in [5, 5.41) is 5.41. The summed E-state index contributed by atoms with van der Waals surface area (Å²) in [6.07, 6.45) is 1.39. The Morgan fingerprint density at radius 1 is 1.03 bits per heavy atom. The third kappa shape index (κ3) is 3.76. The number of benzene rings is 2. The number of primary amides is 1. The highest BCUT2D eigenvalue weighted by Gasteiger charge is 2.29. The zero-order chi connectivity index (χ0) is 20.4. The number of aromatic nitrogens is 2. The highest BCUT2D eigenvalue weighted by molar-refractivity contribution is 6.05. The smallest absolute Gasteiger partial charge is 0.274 e. The van der Waals surface area contributed by atoms with Gasteiger partial charge in [0.05, 0.1) is 17.8 Å². The lowest BCUT2D eigenvalue weighted by molar-refractivity contribution is -0.123. The Morgan fingerprint density at radius 3 is 2.45 bits per heavy atom. The van der Waals surface area contributed by atoms with Gasteiger partial charge in [0, 0.05) is 18.5 Å². The van der Waals surface area contributed by atoms with Gasteiger partial charge in [0.25, 0.3) is 11.5 Å². The maximum absolute atomic E-state index is 13.3. The van der Waals surface area contributed by atoms with E-state index < -0.39 is 5.91 Å². The van der Waals surface area contributed by atoms with Crippen LogP contribution >= 0.6 is 0 Å². The second kappa shape index (κ2) is 7.87. The van der Waals surface area contributed by atoms with Crippen LogP contribution < -0.4 is 11.3 Å². The van der Waals surface area contributed by atoms with Crippen molar-refractivity contribution in [2.45, 2.75) is 19.4 Å². The fourth-order valence-corrected chi connectivity index (χ4v) is 3.80. The lowest BCUT2D eigenvalue weighted by Gasteiger charge is -2.31. The van der Waals surface area contributed by atoms with E-state index in [0.717, 1.165) is 5.56 Å². The van der Waals surface area contributed by atoms with Crippen molar-refractivity contribution in [3.8, 4) is 0 Å². The molecule has 0 aliphatic carbocycles. The minimum Gasteiger partial charge on any atom is -0.369 e. The van der Waals surface area contributed by atoms with Gasteiger partial charge >= 0.3 is 0 Å². The number of carbonyl (C=O) groups is 2. The van der Waals surface area contributed by atoms with Crippen molar-refractivity contribution in [1.82, 2.24) is 14.7 Å². The summed E-state index contributed by atoms with van der Waals surface area (Å²) in [7, 11) is 0. The Labute approximate surface area is 167 Å². The van der Waals surface area contributed by atoms with E-state index in [1.54, 1.807) is 29.2 Å². The van der Waals surface area contributed by atoms with Gasteiger partial charge in [-0.1, -0.05) is 48.5 Å². The largest absolute Gasteiger partial charge is 0.369 e. The number of hydrogen-bond acceptors (Lipinski definition) is 4. The molecule has 4 rings (SSSR count). The van der Waals surface area contributed by atoms with Gasteiger partial charge in [0.1, 0.15) is 0 Å². The van der Waals surface area contributed by atoms with Crippen LogP contribution in [0.25, 0.3) is 10.8 Å². The average Bonchev–Trinajstić information content (AvgIpc) is 2.76. The number of nitrogens with zero attached hydrogens (tertiary/aromatic N) is 3. The Kier molecular flexibility index (Phi) is 5.12. The third-order valence-electron chi connectivity index (χ3n) is 5.36. The van der Waals surface area contributed by atoms with Crippen molar-refractivity contribution in [3.05, 3.63) is 76.2 Å². The predicted octanol–water partition coefficient (Wildman–Crippen LogP) is 1.78. The summed E-state index contributed by atoms with van der Waals surface area (Å²) >= 11 is 0. The number of fused-ring (bicyclic) bond motifs is 1. The molecule has 2 N–H and O–H groups in total. The molecule has 1 aliphatic rings. The first-order valence-electron chi connectivity index (χ1n) is 9.67. The van der Waals surface area contributed by atoms with Crippen LogP contribution in [0.5, 0.6) is 0 Å². The number of rotatable bonds is 4. The number of likely N-dealkylation sites (tertiary alicyclic amines) is 1. The third-order valence-corrected chi connectivity index (χ3v) is 5.36. The fourth-order valence-electron chi connectivity index (χ4n) is 3.80. The minimum absolute atomic E-state index is 0.223. The number of hydrogen-bond donors (Lipinski definition) is 1. The quantitative estimate of drug-likeness (QED) is 0.734. The van der Waals surface area contributed by atoms with Crippen LogP contribution in [0.1, 0.15) is 28.9 Å². The molecule has 1 aromatic heterocycles. The zero-order valence-corrected chi connectivity index (χ0v) is 16.0. The van der Waals surface area contributed by atoms with Gasteiger partial charge in [-0.05, 0) is 24.5 Å². The summed E-state index contributed by atoms with van der Waals surface area (Å²) in [5.74, 6) is -1.03. The van der Waals surface area contributed by atoms with Gasteiger partial charge in [-0.25, -0.2) is 4.68 Å². The monoisotopic (exact) mass is 390 g/mol. The normalized spacial score (nSPS) is 16.7. The van der Waals surface area contributed by atoms with Gasteiger partial charge < -0.3 is 10.6 Å². The van der Waals surface area contributed by atoms with Crippen LogP contribution in [0.3, 0.4) is 0 Å². The molecule has 1 aliphatic heterocycles. The molecule has 1 unspecified atom stereocenters. The van der Waals surface area contributed by atoms with Gasteiger partial charge in [0.2, 0.25) is 5.91 Å². The molecule has 0 spiro atoms. The van der Waals surface area contributed by atoms with Gasteiger partial charge in [-0.3, -0.25) is 14.4 Å². The van der Waals surface area contributed by atoms with E-state index in [1.807, 2.05) is 30.3 Å². The molecule has 29 heavy (non-hydrogen) atoms. The molecular formula is C22H22N4O3. The predicted molar refractivity (Wildman–Crippen MR) is 109 cm³/mol. The molecule has 2 heterocycles. The fraction of sp³-hybridized carbons (Fsp3) is 0.273. The maximum Gasteiger partial charge on any atom is 0.274 e. The summed E-state index contributed by atoms with van der Waals surface area (Å²) < 4.78 is 1.33. The number of piperidine rings is 1. The van der Waals surface area contributed by atoms with E-state index in [0.29, 0.717) is 30.2 Å². The standard InChI is InChI=1S/C22H22N4O3/c23-20(27)16-9-6-12-25(14-16)22(29)19-17-10-4-5-11-18(17)21(28)26(24-19)13-15-7-2-1-3-8-15/h1-5,7-8,10-11,16H,6,9,12-14H2,(H2,23,27). The van der Waals surface area contributed by atoms with Crippen molar-refractivity contribution in [2.24, 2.45) is 11.7 Å². The first kappa shape index (κ1) is 18.9. The Balaban J connectivity index is 1.77. The average molecular weight is 390 g/mol. The van der Waals surface area contributed by atoms with Gasteiger partial charge in [-0.15, -0.1) is 0 Å². The first-order valence-corrected chi connectivity index (χ1v) is 9.67. The second-order valence-corrected chi connectivity index (χ2v) is 7.34. The zero-order valence-electron chi connectivity index (χ0n) is 16.0. The topological polar surface area (TPSA) is 98.3 Å². The molecule has 1 saturated heterocycles. The van der Waals surface area contributed by atoms with E-state index in [-0.39, 0.29) is 36.2 Å².